The molecule has 0 fully saturated rings. The molecule has 7 nitrogen and oxygen atoms in total. The molecule has 0 rings (SSSR count). The number of aliphatic hydroxyl groups is 2. The van der Waals surface area contributed by atoms with Crippen molar-refractivity contribution in [2.24, 2.45) is 0 Å². The smallest absolute Gasteiger partial charge is 0.305 e. The summed E-state index contributed by atoms with van der Waals surface area (Å²) in [5.74, 6) is -0.260. The first kappa shape index (κ1) is 39.3. The fraction of sp³-hybridized carbons (Fsp3) is 0.970. The number of rotatable bonds is 32. The molecule has 1 unspecified atom stereocenters. The highest BCUT2D eigenvalue weighted by atomic mass is 16.7. The Kier molecular flexibility index (Phi) is 30.6. The molecule has 0 saturated carbocycles. The first-order chi connectivity index (χ1) is 19.6. The van der Waals surface area contributed by atoms with Crippen LogP contribution in [0.3, 0.4) is 0 Å². The summed E-state index contributed by atoms with van der Waals surface area (Å²) < 4.78 is 17.7. The van der Waals surface area contributed by atoms with Gasteiger partial charge >= 0.3 is 5.97 Å². The second kappa shape index (κ2) is 31.2. The van der Waals surface area contributed by atoms with Gasteiger partial charge in [0.25, 0.3) is 0 Å². The van der Waals surface area contributed by atoms with Gasteiger partial charge in [0.15, 0.2) is 6.29 Å². The van der Waals surface area contributed by atoms with Gasteiger partial charge in [0, 0.05) is 26.2 Å². The molecule has 0 aliphatic carbocycles. The van der Waals surface area contributed by atoms with Crippen LogP contribution in [0.2, 0.25) is 0 Å². The van der Waals surface area contributed by atoms with Gasteiger partial charge in [-0.25, -0.2) is 0 Å². The van der Waals surface area contributed by atoms with Gasteiger partial charge in [-0.3, -0.25) is 9.69 Å². The van der Waals surface area contributed by atoms with Gasteiger partial charge in [-0.15, -0.1) is 0 Å². The summed E-state index contributed by atoms with van der Waals surface area (Å²) in [6.45, 7) is 9.23. The van der Waals surface area contributed by atoms with E-state index in [0.29, 0.717) is 39.0 Å². The summed E-state index contributed by atoms with van der Waals surface area (Å²) in [5, 5.41) is 19.0. The molecule has 40 heavy (non-hydrogen) atoms. The zero-order chi connectivity index (χ0) is 29.5. The summed E-state index contributed by atoms with van der Waals surface area (Å²) in [6.07, 6.45) is 22.6. The van der Waals surface area contributed by atoms with E-state index in [1.807, 2.05) is 4.90 Å². The highest BCUT2D eigenvalue weighted by molar-refractivity contribution is 5.69. The van der Waals surface area contributed by atoms with Crippen molar-refractivity contribution in [1.82, 2.24) is 4.90 Å². The Bertz CT molecular complexity index is 493. The van der Waals surface area contributed by atoms with E-state index in [1.54, 1.807) is 0 Å². The van der Waals surface area contributed by atoms with Gasteiger partial charge in [0.2, 0.25) is 0 Å². The number of unbranched alkanes of at least 4 members (excludes halogenated alkanes) is 14. The SMILES string of the molecule is CCCCCCCCCCOC(CCCC(=O)OCC(CO)N(CCC)CCO)OCCCCCCCCCC. The fourth-order valence-corrected chi connectivity index (χ4v) is 4.96. The quantitative estimate of drug-likeness (QED) is 0.0492. The van der Waals surface area contributed by atoms with E-state index >= 15 is 0 Å². The Morgan fingerprint density at radius 2 is 1.15 bits per heavy atom. The molecule has 0 aliphatic rings. The molecular weight excluding hydrogens is 506 g/mol. The van der Waals surface area contributed by atoms with Crippen LogP contribution in [0, 0.1) is 0 Å². The number of aliphatic hydroxyl groups excluding tert-OH is 2. The maximum absolute atomic E-state index is 12.4. The molecule has 0 amide bonds. The normalized spacial score (nSPS) is 12.5. The van der Waals surface area contributed by atoms with E-state index in [-0.39, 0.29) is 38.1 Å². The highest BCUT2D eigenvalue weighted by Crippen LogP contribution is 2.14. The van der Waals surface area contributed by atoms with Crippen molar-refractivity contribution in [3.05, 3.63) is 0 Å². The van der Waals surface area contributed by atoms with Crippen LogP contribution in [0.15, 0.2) is 0 Å². The van der Waals surface area contributed by atoms with Gasteiger partial charge in [0.1, 0.15) is 6.61 Å². The largest absolute Gasteiger partial charge is 0.464 e. The zero-order valence-electron chi connectivity index (χ0n) is 26.7. The zero-order valence-corrected chi connectivity index (χ0v) is 26.7. The molecule has 0 aliphatic heterocycles. The van der Waals surface area contributed by atoms with E-state index < -0.39 is 0 Å². The molecule has 0 aromatic rings. The minimum Gasteiger partial charge on any atom is -0.464 e. The van der Waals surface area contributed by atoms with Crippen LogP contribution in [0.5, 0.6) is 0 Å². The van der Waals surface area contributed by atoms with Crippen LogP contribution in [-0.2, 0) is 19.0 Å². The number of carbonyl (C=O) groups is 1. The van der Waals surface area contributed by atoms with Gasteiger partial charge in [-0.2, -0.15) is 0 Å². The van der Waals surface area contributed by atoms with Crippen LogP contribution in [0.25, 0.3) is 0 Å². The van der Waals surface area contributed by atoms with E-state index in [4.69, 9.17) is 14.2 Å². The number of ether oxygens (including phenoxy) is 3. The molecule has 0 spiro atoms. The Balaban J connectivity index is 4.34. The lowest BCUT2D eigenvalue weighted by atomic mass is 10.1. The maximum atomic E-state index is 12.4. The number of hydrogen-bond acceptors (Lipinski definition) is 7. The summed E-state index contributed by atoms with van der Waals surface area (Å²) in [5.41, 5.74) is 0. The van der Waals surface area contributed by atoms with Crippen molar-refractivity contribution in [2.75, 3.05) is 46.1 Å². The predicted molar refractivity (Wildman–Crippen MR) is 166 cm³/mol. The first-order valence-corrected chi connectivity index (χ1v) is 17.0. The first-order valence-electron chi connectivity index (χ1n) is 17.0. The molecule has 0 aromatic heterocycles. The van der Waals surface area contributed by atoms with E-state index in [1.165, 1.54) is 89.9 Å². The molecule has 0 radical (unpaired) electrons. The second-order valence-corrected chi connectivity index (χ2v) is 11.3. The van der Waals surface area contributed by atoms with Gasteiger partial charge in [-0.1, -0.05) is 111 Å². The van der Waals surface area contributed by atoms with Crippen LogP contribution >= 0.6 is 0 Å². The average molecular weight is 574 g/mol. The van der Waals surface area contributed by atoms with Crippen molar-refractivity contribution in [1.29, 1.82) is 0 Å². The molecule has 240 valence electrons. The lowest BCUT2D eigenvalue weighted by molar-refractivity contribution is -0.153. The number of nitrogens with zero attached hydrogens (tertiary/aromatic N) is 1. The summed E-state index contributed by atoms with van der Waals surface area (Å²) in [4.78, 5) is 14.4. The standard InChI is InChI=1S/C33H67NO6/c1-4-7-9-11-13-15-17-19-27-38-33(39-28-20-18-16-14-12-10-8-5-2)23-21-22-32(37)40-30-31(29-36)34(24-6-3)25-26-35/h31,33,35-36H,4-30H2,1-3H3. The monoisotopic (exact) mass is 573 g/mol. The Morgan fingerprint density at radius 3 is 1.60 bits per heavy atom. The minimum absolute atomic E-state index is 0.0176. The third kappa shape index (κ3) is 25.0. The molecule has 2 N–H and O–H groups in total. The third-order valence-electron chi connectivity index (χ3n) is 7.49. The number of hydrogen-bond donors (Lipinski definition) is 2. The second-order valence-electron chi connectivity index (χ2n) is 11.3. The van der Waals surface area contributed by atoms with Gasteiger partial charge < -0.3 is 24.4 Å². The van der Waals surface area contributed by atoms with Crippen molar-refractivity contribution in [2.45, 2.75) is 162 Å². The molecular formula is C33H67NO6. The van der Waals surface area contributed by atoms with Gasteiger partial charge in [-0.05, 0) is 38.6 Å². The summed E-state index contributed by atoms with van der Waals surface area (Å²) >= 11 is 0. The van der Waals surface area contributed by atoms with Crippen molar-refractivity contribution >= 4 is 5.97 Å². The highest BCUT2D eigenvalue weighted by Gasteiger charge is 2.19. The van der Waals surface area contributed by atoms with E-state index in [2.05, 4.69) is 20.8 Å². The number of esters is 1. The van der Waals surface area contributed by atoms with Crippen LogP contribution in [0.4, 0.5) is 0 Å². The Hall–Kier alpha value is -0.730. The topological polar surface area (TPSA) is 88.5 Å². The molecule has 0 bridgehead atoms. The molecule has 1 atom stereocenters. The fourth-order valence-electron chi connectivity index (χ4n) is 4.96. The average Bonchev–Trinajstić information content (AvgIpc) is 2.95. The number of carbonyl (C=O) groups excluding carboxylic acids is 1. The van der Waals surface area contributed by atoms with Crippen LogP contribution in [-0.4, -0.2) is 79.5 Å². The predicted octanol–water partition coefficient (Wildman–Crippen LogP) is 7.41. The Labute approximate surface area is 247 Å². The van der Waals surface area contributed by atoms with Gasteiger partial charge in [0.05, 0.1) is 19.3 Å². The van der Waals surface area contributed by atoms with Crippen LogP contribution in [0.1, 0.15) is 149 Å². The van der Waals surface area contributed by atoms with E-state index in [9.17, 15) is 15.0 Å². The van der Waals surface area contributed by atoms with Crippen molar-refractivity contribution < 1.29 is 29.2 Å². The molecule has 0 aromatic carbocycles. The molecule has 7 heteroatoms. The van der Waals surface area contributed by atoms with Crippen molar-refractivity contribution in [3.8, 4) is 0 Å². The minimum atomic E-state index is -0.284. The molecule has 0 heterocycles. The van der Waals surface area contributed by atoms with Crippen molar-refractivity contribution in [3.63, 3.8) is 0 Å². The summed E-state index contributed by atoms with van der Waals surface area (Å²) in [7, 11) is 0. The third-order valence-corrected chi connectivity index (χ3v) is 7.49. The lowest BCUT2D eigenvalue weighted by Gasteiger charge is -2.29. The Morgan fingerprint density at radius 1 is 0.650 bits per heavy atom. The van der Waals surface area contributed by atoms with Crippen LogP contribution < -0.4 is 0 Å². The van der Waals surface area contributed by atoms with E-state index in [0.717, 1.165) is 25.8 Å². The summed E-state index contributed by atoms with van der Waals surface area (Å²) in [6, 6.07) is -0.284. The molecule has 0 saturated heterocycles. The lowest BCUT2D eigenvalue weighted by Crippen LogP contribution is -2.43. The maximum Gasteiger partial charge on any atom is 0.305 e.